The molecule has 1 aromatic carbocycles. The van der Waals surface area contributed by atoms with E-state index in [-0.39, 0.29) is 15.9 Å². The van der Waals surface area contributed by atoms with Gasteiger partial charge >= 0.3 is 5.97 Å². The van der Waals surface area contributed by atoms with Gasteiger partial charge in [-0.05, 0) is 48.2 Å². The summed E-state index contributed by atoms with van der Waals surface area (Å²) in [6.45, 7) is 0.969. The number of ether oxygens (including phenoxy) is 2. The van der Waals surface area contributed by atoms with Crippen LogP contribution in [0.3, 0.4) is 0 Å². The number of amidine groups is 1. The lowest BCUT2D eigenvalue weighted by molar-refractivity contribution is -0.135. The molecule has 1 saturated carbocycles. The number of hydrogen-bond acceptors (Lipinski definition) is 7. The minimum absolute atomic E-state index is 0.175. The Morgan fingerprint density at radius 1 is 1.33 bits per heavy atom. The minimum atomic E-state index is -0.624. The zero-order valence-electron chi connectivity index (χ0n) is 16.7. The lowest BCUT2D eigenvalue weighted by atomic mass is 9.90. The Labute approximate surface area is 178 Å². The second-order valence-corrected chi connectivity index (χ2v) is 8.13. The number of nitrogens with zero attached hydrogens (tertiary/aromatic N) is 2. The maximum atomic E-state index is 13.7. The maximum Gasteiger partial charge on any atom is 0.331 e. The first-order valence-electron chi connectivity index (χ1n) is 9.81. The molecule has 0 spiro atoms. The van der Waals surface area contributed by atoms with Crippen LogP contribution in [-0.2, 0) is 25.7 Å². The molecule has 1 N–H and O–H groups in total. The summed E-state index contributed by atoms with van der Waals surface area (Å²) < 4.78 is 24.0. The molecule has 3 rings (SSSR count). The SMILES string of the molecule is COC(=O)/C=C1/S/C(=N\N=Cc2ccc(F)cc2COCC2CCCCC2)NC1=O. The van der Waals surface area contributed by atoms with Crippen molar-refractivity contribution in [3.05, 3.63) is 46.1 Å². The van der Waals surface area contributed by atoms with E-state index in [0.29, 0.717) is 30.3 Å². The number of halogens is 1. The molecule has 0 unspecified atom stereocenters. The summed E-state index contributed by atoms with van der Waals surface area (Å²) in [7, 11) is 1.23. The Bertz CT molecular complexity index is 879. The van der Waals surface area contributed by atoms with Crippen molar-refractivity contribution in [2.75, 3.05) is 13.7 Å². The second-order valence-electron chi connectivity index (χ2n) is 7.10. The molecular formula is C21H24FN3O4S. The van der Waals surface area contributed by atoms with Gasteiger partial charge in [0.15, 0.2) is 5.17 Å². The summed E-state index contributed by atoms with van der Waals surface area (Å²) in [5.74, 6) is -0.837. The number of esters is 1. The summed E-state index contributed by atoms with van der Waals surface area (Å²) in [5.41, 5.74) is 1.37. The fourth-order valence-corrected chi connectivity index (χ4v) is 4.04. The van der Waals surface area contributed by atoms with Crippen molar-refractivity contribution < 1.29 is 23.5 Å². The molecule has 160 valence electrons. The van der Waals surface area contributed by atoms with Gasteiger partial charge in [-0.25, -0.2) is 9.18 Å². The number of benzene rings is 1. The molecule has 1 aliphatic carbocycles. The van der Waals surface area contributed by atoms with Gasteiger partial charge in [-0.3, -0.25) is 10.1 Å². The number of rotatable bonds is 7. The number of carbonyl (C=O) groups is 2. The summed E-state index contributed by atoms with van der Waals surface area (Å²) in [6.07, 6.45) is 8.74. The largest absolute Gasteiger partial charge is 0.466 e. The van der Waals surface area contributed by atoms with Crippen molar-refractivity contribution in [3.63, 3.8) is 0 Å². The Hall–Kier alpha value is -2.52. The quantitative estimate of drug-likeness (QED) is 0.308. The zero-order chi connectivity index (χ0) is 21.3. The molecule has 9 heteroatoms. The van der Waals surface area contributed by atoms with Crippen LogP contribution in [0, 0.1) is 11.7 Å². The summed E-state index contributed by atoms with van der Waals surface area (Å²) in [5, 5.41) is 10.7. The van der Waals surface area contributed by atoms with Crippen LogP contribution in [0.2, 0.25) is 0 Å². The summed E-state index contributed by atoms with van der Waals surface area (Å²) >= 11 is 0.985. The van der Waals surface area contributed by atoms with E-state index in [2.05, 4.69) is 20.3 Å². The number of thioether (sulfide) groups is 1. The zero-order valence-corrected chi connectivity index (χ0v) is 17.5. The molecule has 1 amide bonds. The molecule has 0 radical (unpaired) electrons. The van der Waals surface area contributed by atoms with Crippen LogP contribution in [0.15, 0.2) is 39.4 Å². The highest BCUT2D eigenvalue weighted by atomic mass is 32.2. The molecule has 2 aliphatic rings. The van der Waals surface area contributed by atoms with Gasteiger partial charge in [-0.1, -0.05) is 25.3 Å². The van der Waals surface area contributed by atoms with Crippen LogP contribution >= 0.6 is 11.8 Å². The predicted octanol–water partition coefficient (Wildman–Crippen LogP) is 3.53. The van der Waals surface area contributed by atoms with Crippen LogP contribution in [0.4, 0.5) is 4.39 Å². The third-order valence-electron chi connectivity index (χ3n) is 4.89. The predicted molar refractivity (Wildman–Crippen MR) is 113 cm³/mol. The van der Waals surface area contributed by atoms with E-state index in [1.165, 1.54) is 57.6 Å². The van der Waals surface area contributed by atoms with Crippen LogP contribution in [-0.4, -0.2) is 37.0 Å². The number of methoxy groups -OCH3 is 1. The van der Waals surface area contributed by atoms with Crippen LogP contribution in [0.25, 0.3) is 0 Å². The van der Waals surface area contributed by atoms with Crippen LogP contribution < -0.4 is 5.32 Å². The number of nitrogens with one attached hydrogen (secondary N) is 1. The molecule has 7 nitrogen and oxygen atoms in total. The van der Waals surface area contributed by atoms with Gasteiger partial charge in [0.2, 0.25) is 0 Å². The molecule has 1 saturated heterocycles. The summed E-state index contributed by atoms with van der Waals surface area (Å²) in [6, 6.07) is 4.39. The molecule has 2 fully saturated rings. The summed E-state index contributed by atoms with van der Waals surface area (Å²) in [4.78, 5) is 23.3. The third kappa shape index (κ3) is 6.50. The van der Waals surface area contributed by atoms with E-state index in [0.717, 1.165) is 17.8 Å². The first-order chi connectivity index (χ1) is 14.5. The Kier molecular flexibility index (Phi) is 8.15. The number of hydrogen-bond donors (Lipinski definition) is 1. The molecule has 0 bridgehead atoms. The number of amides is 1. The topological polar surface area (TPSA) is 89.3 Å². The van der Waals surface area contributed by atoms with E-state index < -0.39 is 11.9 Å². The highest BCUT2D eigenvalue weighted by Gasteiger charge is 2.25. The standard InChI is InChI=1S/C21H24FN3O4S/c1-28-19(26)10-18-20(27)24-21(30-18)25-23-11-15-7-8-17(22)9-16(15)13-29-12-14-5-3-2-4-6-14/h7-11,14H,2-6,12-13H2,1H3,(H,24,25,27)/b18-10+,23-11?. The van der Waals surface area contributed by atoms with E-state index in [4.69, 9.17) is 4.74 Å². The Morgan fingerprint density at radius 2 is 2.13 bits per heavy atom. The second kappa shape index (κ2) is 11.0. The normalized spacial score (nSPS) is 20.3. The molecule has 1 aliphatic heterocycles. The van der Waals surface area contributed by atoms with Crippen molar-refractivity contribution in [2.45, 2.75) is 38.7 Å². The fourth-order valence-electron chi connectivity index (χ4n) is 3.30. The van der Waals surface area contributed by atoms with E-state index in [1.807, 2.05) is 0 Å². The van der Waals surface area contributed by atoms with Crippen molar-refractivity contribution in [3.8, 4) is 0 Å². The first kappa shape index (κ1) is 22.2. The van der Waals surface area contributed by atoms with Crippen molar-refractivity contribution in [1.82, 2.24) is 5.32 Å². The van der Waals surface area contributed by atoms with Gasteiger partial charge in [0.25, 0.3) is 5.91 Å². The van der Waals surface area contributed by atoms with E-state index in [9.17, 15) is 14.0 Å². The fraction of sp³-hybridized carbons (Fsp3) is 0.429. The minimum Gasteiger partial charge on any atom is -0.466 e. The lowest BCUT2D eigenvalue weighted by Crippen LogP contribution is -2.19. The van der Waals surface area contributed by atoms with Gasteiger partial charge in [0.1, 0.15) is 5.82 Å². The van der Waals surface area contributed by atoms with Gasteiger partial charge in [0.05, 0.1) is 24.8 Å². The molecule has 0 aromatic heterocycles. The van der Waals surface area contributed by atoms with Gasteiger partial charge in [0, 0.05) is 18.2 Å². The monoisotopic (exact) mass is 433 g/mol. The van der Waals surface area contributed by atoms with Gasteiger partial charge in [-0.2, -0.15) is 5.10 Å². The molecule has 30 heavy (non-hydrogen) atoms. The van der Waals surface area contributed by atoms with Crippen LogP contribution in [0.1, 0.15) is 43.2 Å². The third-order valence-corrected chi connectivity index (χ3v) is 5.79. The Balaban J connectivity index is 1.61. The average molecular weight is 434 g/mol. The maximum absolute atomic E-state index is 13.7. The highest BCUT2D eigenvalue weighted by Crippen LogP contribution is 2.25. The average Bonchev–Trinajstić information content (AvgIpc) is 3.09. The van der Waals surface area contributed by atoms with Gasteiger partial charge < -0.3 is 9.47 Å². The molecular weight excluding hydrogens is 409 g/mol. The van der Waals surface area contributed by atoms with Gasteiger partial charge in [-0.15, -0.1) is 5.10 Å². The van der Waals surface area contributed by atoms with Crippen molar-refractivity contribution in [1.29, 1.82) is 0 Å². The first-order valence-corrected chi connectivity index (χ1v) is 10.6. The van der Waals surface area contributed by atoms with E-state index >= 15 is 0 Å². The van der Waals surface area contributed by atoms with Crippen molar-refractivity contribution >= 4 is 35.0 Å². The number of carbonyl (C=O) groups excluding carboxylic acids is 2. The molecule has 0 atom stereocenters. The molecule has 1 aromatic rings. The Morgan fingerprint density at radius 3 is 2.90 bits per heavy atom. The lowest BCUT2D eigenvalue weighted by Gasteiger charge is -2.21. The smallest absolute Gasteiger partial charge is 0.331 e. The van der Waals surface area contributed by atoms with Crippen LogP contribution in [0.5, 0.6) is 0 Å². The highest BCUT2D eigenvalue weighted by molar-refractivity contribution is 8.18. The van der Waals surface area contributed by atoms with Crippen molar-refractivity contribution in [2.24, 2.45) is 16.1 Å². The van der Waals surface area contributed by atoms with E-state index in [1.54, 1.807) is 6.07 Å². The molecule has 1 heterocycles.